The lowest BCUT2D eigenvalue weighted by Gasteiger charge is -2.33. The van der Waals surface area contributed by atoms with Crippen molar-refractivity contribution in [2.75, 3.05) is 33.2 Å². The number of amides is 2. The monoisotopic (exact) mass is 445 g/mol. The second-order valence-corrected chi connectivity index (χ2v) is 7.50. The molecule has 28 heavy (non-hydrogen) atoms. The molecule has 5 nitrogen and oxygen atoms in total. The van der Waals surface area contributed by atoms with Crippen LogP contribution in [0.25, 0.3) is 6.08 Å². The fourth-order valence-electron chi connectivity index (χ4n) is 2.93. The number of likely N-dealkylation sites (N-methyl/N-ethyl adjacent to an activating group) is 1. The summed E-state index contributed by atoms with van der Waals surface area (Å²) in [5.41, 5.74) is 1.04. The molecule has 0 atom stereocenters. The first-order chi connectivity index (χ1) is 13.4. The van der Waals surface area contributed by atoms with Crippen molar-refractivity contribution < 1.29 is 14.0 Å². The third-order valence-electron chi connectivity index (χ3n) is 4.55. The molecule has 0 saturated carbocycles. The Morgan fingerprint density at radius 2 is 1.79 bits per heavy atom. The number of rotatable bonds is 4. The summed E-state index contributed by atoms with van der Waals surface area (Å²) in [4.78, 5) is 29.6. The van der Waals surface area contributed by atoms with E-state index >= 15 is 0 Å². The molecule has 146 valence electrons. The highest BCUT2D eigenvalue weighted by atomic mass is 79.9. The standard InChI is InChI=1S/C21H21BrFN3O2/c1-25-9-11-26(12-10-25)21(28)19(14-15-5-4-6-16(23)13-15)24-20(27)17-7-2-3-8-18(17)22/h2-8,13-14H,9-12H2,1H3,(H,24,27). The Kier molecular flexibility index (Phi) is 6.59. The first-order valence-electron chi connectivity index (χ1n) is 8.95. The molecule has 1 aliphatic rings. The summed E-state index contributed by atoms with van der Waals surface area (Å²) in [6.45, 7) is 2.66. The zero-order valence-electron chi connectivity index (χ0n) is 15.5. The molecule has 0 bridgehead atoms. The Morgan fingerprint density at radius 1 is 1.07 bits per heavy atom. The molecule has 1 heterocycles. The van der Waals surface area contributed by atoms with E-state index in [1.165, 1.54) is 18.2 Å². The van der Waals surface area contributed by atoms with Crippen LogP contribution in [0.2, 0.25) is 0 Å². The lowest BCUT2D eigenvalue weighted by atomic mass is 10.1. The quantitative estimate of drug-likeness (QED) is 0.735. The van der Waals surface area contributed by atoms with Crippen LogP contribution in [-0.2, 0) is 4.79 Å². The minimum atomic E-state index is -0.405. The van der Waals surface area contributed by atoms with Gasteiger partial charge in [-0.05, 0) is 58.9 Å². The van der Waals surface area contributed by atoms with E-state index in [9.17, 15) is 14.0 Å². The van der Waals surface area contributed by atoms with Crippen LogP contribution in [0.1, 0.15) is 15.9 Å². The van der Waals surface area contributed by atoms with Crippen molar-refractivity contribution in [3.05, 3.63) is 75.6 Å². The molecule has 0 radical (unpaired) electrons. The van der Waals surface area contributed by atoms with Crippen LogP contribution in [0, 0.1) is 5.82 Å². The molecular formula is C21H21BrFN3O2. The first kappa shape index (κ1) is 20.2. The van der Waals surface area contributed by atoms with Crippen molar-refractivity contribution in [3.8, 4) is 0 Å². The minimum absolute atomic E-state index is 0.121. The highest BCUT2D eigenvalue weighted by Gasteiger charge is 2.24. The molecule has 0 unspecified atom stereocenters. The highest BCUT2D eigenvalue weighted by Crippen LogP contribution is 2.17. The highest BCUT2D eigenvalue weighted by molar-refractivity contribution is 9.10. The van der Waals surface area contributed by atoms with Gasteiger partial charge in [0.05, 0.1) is 5.56 Å². The number of piperazine rings is 1. The molecule has 1 fully saturated rings. The summed E-state index contributed by atoms with van der Waals surface area (Å²) in [7, 11) is 2.00. The molecule has 1 N–H and O–H groups in total. The number of hydrogen-bond acceptors (Lipinski definition) is 3. The van der Waals surface area contributed by atoms with Crippen molar-refractivity contribution in [1.82, 2.24) is 15.1 Å². The van der Waals surface area contributed by atoms with Gasteiger partial charge >= 0.3 is 0 Å². The zero-order valence-corrected chi connectivity index (χ0v) is 17.1. The van der Waals surface area contributed by atoms with Gasteiger partial charge < -0.3 is 15.1 Å². The molecule has 1 aliphatic heterocycles. The molecule has 2 aromatic rings. The molecule has 2 amide bonds. The van der Waals surface area contributed by atoms with Gasteiger partial charge in [-0.15, -0.1) is 0 Å². The topological polar surface area (TPSA) is 52.6 Å². The third kappa shape index (κ3) is 5.05. The van der Waals surface area contributed by atoms with E-state index in [0.29, 0.717) is 28.7 Å². The third-order valence-corrected chi connectivity index (χ3v) is 5.24. The second-order valence-electron chi connectivity index (χ2n) is 6.64. The van der Waals surface area contributed by atoms with Crippen LogP contribution in [0.5, 0.6) is 0 Å². The molecular weight excluding hydrogens is 425 g/mol. The normalized spacial score (nSPS) is 15.4. The van der Waals surface area contributed by atoms with Crippen LogP contribution in [0.4, 0.5) is 4.39 Å². The van der Waals surface area contributed by atoms with Crippen LogP contribution >= 0.6 is 15.9 Å². The van der Waals surface area contributed by atoms with E-state index in [2.05, 4.69) is 26.1 Å². The van der Waals surface area contributed by atoms with E-state index in [0.717, 1.165) is 13.1 Å². The lowest BCUT2D eigenvalue weighted by Crippen LogP contribution is -2.49. The zero-order chi connectivity index (χ0) is 20.1. The van der Waals surface area contributed by atoms with Gasteiger partial charge in [-0.1, -0.05) is 24.3 Å². The number of halogens is 2. The number of nitrogens with one attached hydrogen (secondary N) is 1. The Morgan fingerprint density at radius 3 is 2.46 bits per heavy atom. The van der Waals surface area contributed by atoms with Gasteiger partial charge in [-0.3, -0.25) is 9.59 Å². The minimum Gasteiger partial charge on any atom is -0.335 e. The molecule has 7 heteroatoms. The van der Waals surface area contributed by atoms with Crippen LogP contribution < -0.4 is 5.32 Å². The van der Waals surface area contributed by atoms with Crippen molar-refractivity contribution in [3.63, 3.8) is 0 Å². The van der Waals surface area contributed by atoms with Crippen molar-refractivity contribution in [1.29, 1.82) is 0 Å². The van der Waals surface area contributed by atoms with E-state index in [1.807, 2.05) is 7.05 Å². The van der Waals surface area contributed by atoms with Gasteiger partial charge in [0.1, 0.15) is 11.5 Å². The number of carbonyl (C=O) groups is 2. The Hall–Kier alpha value is -2.51. The maximum Gasteiger partial charge on any atom is 0.270 e. The summed E-state index contributed by atoms with van der Waals surface area (Å²) in [5, 5.41) is 2.72. The van der Waals surface area contributed by atoms with Crippen molar-refractivity contribution >= 4 is 33.8 Å². The maximum absolute atomic E-state index is 13.6. The molecule has 2 aromatic carbocycles. The van der Waals surface area contributed by atoms with Crippen LogP contribution in [0.15, 0.2) is 58.7 Å². The summed E-state index contributed by atoms with van der Waals surface area (Å²) in [6.07, 6.45) is 1.51. The van der Waals surface area contributed by atoms with Crippen LogP contribution in [-0.4, -0.2) is 54.8 Å². The molecule has 0 aromatic heterocycles. The number of nitrogens with zero attached hydrogens (tertiary/aromatic N) is 2. The van der Waals surface area contributed by atoms with Crippen molar-refractivity contribution in [2.45, 2.75) is 0 Å². The van der Waals surface area contributed by atoms with Gasteiger partial charge in [0.2, 0.25) is 0 Å². The maximum atomic E-state index is 13.6. The number of benzene rings is 2. The fourth-order valence-corrected chi connectivity index (χ4v) is 3.39. The van der Waals surface area contributed by atoms with Gasteiger partial charge in [0.15, 0.2) is 0 Å². The van der Waals surface area contributed by atoms with Crippen LogP contribution in [0.3, 0.4) is 0 Å². The number of hydrogen-bond donors (Lipinski definition) is 1. The average Bonchev–Trinajstić information content (AvgIpc) is 2.68. The van der Waals surface area contributed by atoms with E-state index < -0.39 is 11.7 Å². The van der Waals surface area contributed by atoms with Gasteiger partial charge in [0, 0.05) is 30.7 Å². The van der Waals surface area contributed by atoms with E-state index in [4.69, 9.17) is 0 Å². The predicted octanol–water partition coefficient (Wildman–Crippen LogP) is 3.13. The lowest BCUT2D eigenvalue weighted by molar-refractivity contribution is -0.128. The van der Waals surface area contributed by atoms with Gasteiger partial charge in [-0.25, -0.2) is 4.39 Å². The predicted molar refractivity (Wildman–Crippen MR) is 110 cm³/mol. The fraction of sp³-hybridized carbons (Fsp3) is 0.238. The van der Waals surface area contributed by atoms with E-state index in [-0.39, 0.29) is 11.6 Å². The molecule has 0 spiro atoms. The summed E-state index contributed by atoms with van der Waals surface area (Å²) < 4.78 is 14.2. The second kappa shape index (κ2) is 9.12. The van der Waals surface area contributed by atoms with Gasteiger partial charge in [0.25, 0.3) is 11.8 Å². The largest absolute Gasteiger partial charge is 0.335 e. The Balaban J connectivity index is 1.89. The van der Waals surface area contributed by atoms with Crippen molar-refractivity contribution in [2.24, 2.45) is 0 Å². The Labute approximate surface area is 172 Å². The molecule has 0 aliphatic carbocycles. The Bertz CT molecular complexity index is 908. The molecule has 3 rings (SSSR count). The number of carbonyl (C=O) groups excluding carboxylic acids is 2. The first-order valence-corrected chi connectivity index (χ1v) is 9.74. The SMILES string of the molecule is CN1CCN(C(=O)C(=Cc2cccc(F)c2)NC(=O)c2ccccc2Br)CC1. The summed E-state index contributed by atoms with van der Waals surface area (Å²) >= 11 is 3.35. The molecule has 1 saturated heterocycles. The van der Waals surface area contributed by atoms with Gasteiger partial charge in [-0.2, -0.15) is 0 Å². The summed E-state index contributed by atoms with van der Waals surface area (Å²) in [6, 6.07) is 12.9. The smallest absolute Gasteiger partial charge is 0.270 e. The summed E-state index contributed by atoms with van der Waals surface area (Å²) in [5.74, 6) is -1.09. The van der Waals surface area contributed by atoms with E-state index in [1.54, 1.807) is 41.3 Å². The average molecular weight is 446 g/mol.